The van der Waals surface area contributed by atoms with Crippen molar-refractivity contribution in [1.82, 2.24) is 10.3 Å². The fraction of sp³-hybridized carbons (Fsp3) is 0.182. The minimum Gasteiger partial charge on any atom is -0.366 e. The van der Waals surface area contributed by atoms with Gasteiger partial charge >= 0.3 is 0 Å². The molecular formula is C22H20ClN3O. The normalized spacial score (nSPS) is 13.1. The zero-order valence-corrected chi connectivity index (χ0v) is 15.6. The Hall–Kier alpha value is -2.85. The van der Waals surface area contributed by atoms with Crippen LogP contribution in [0.4, 0.5) is 5.69 Å². The van der Waals surface area contributed by atoms with Crippen LogP contribution in [0.25, 0.3) is 0 Å². The molecule has 1 aliphatic rings. The van der Waals surface area contributed by atoms with Gasteiger partial charge in [-0.05, 0) is 41.3 Å². The number of aromatic nitrogens is 1. The molecule has 0 aliphatic carbocycles. The van der Waals surface area contributed by atoms with Crippen molar-refractivity contribution in [2.75, 3.05) is 11.4 Å². The maximum Gasteiger partial charge on any atom is 0.270 e. The molecular weight excluding hydrogens is 358 g/mol. The Bertz CT molecular complexity index is 956. The lowest BCUT2D eigenvalue weighted by Crippen LogP contribution is -2.30. The van der Waals surface area contributed by atoms with E-state index in [0.29, 0.717) is 17.3 Å². The van der Waals surface area contributed by atoms with E-state index in [1.165, 1.54) is 11.1 Å². The monoisotopic (exact) mass is 377 g/mol. The first kappa shape index (κ1) is 17.6. The average molecular weight is 378 g/mol. The van der Waals surface area contributed by atoms with Gasteiger partial charge in [-0.15, -0.1) is 0 Å². The van der Waals surface area contributed by atoms with Crippen LogP contribution in [0.2, 0.25) is 5.02 Å². The summed E-state index contributed by atoms with van der Waals surface area (Å²) < 4.78 is 0. The molecule has 1 aliphatic heterocycles. The number of fused-ring (bicyclic) bond motifs is 1. The van der Waals surface area contributed by atoms with Gasteiger partial charge in [-0.2, -0.15) is 0 Å². The molecule has 0 saturated heterocycles. The predicted octanol–water partition coefficient (Wildman–Crippen LogP) is 4.23. The molecule has 0 unspecified atom stereocenters. The summed E-state index contributed by atoms with van der Waals surface area (Å²) in [6.45, 7) is 2.21. The molecule has 0 saturated carbocycles. The summed E-state index contributed by atoms with van der Waals surface area (Å²) in [5.74, 6) is -0.203. The number of rotatable bonds is 4. The van der Waals surface area contributed by atoms with Gasteiger partial charge in [0.15, 0.2) is 0 Å². The first-order chi connectivity index (χ1) is 13.2. The van der Waals surface area contributed by atoms with Crippen LogP contribution in [0.1, 0.15) is 27.2 Å². The third-order valence-electron chi connectivity index (χ3n) is 4.87. The van der Waals surface area contributed by atoms with E-state index in [2.05, 4.69) is 39.5 Å². The van der Waals surface area contributed by atoms with Gasteiger partial charge in [-0.3, -0.25) is 4.79 Å². The van der Waals surface area contributed by atoms with Gasteiger partial charge in [0.25, 0.3) is 5.91 Å². The van der Waals surface area contributed by atoms with E-state index in [0.717, 1.165) is 30.8 Å². The van der Waals surface area contributed by atoms with Gasteiger partial charge in [0, 0.05) is 24.7 Å². The van der Waals surface area contributed by atoms with Crippen LogP contribution in [0, 0.1) is 0 Å². The average Bonchev–Trinajstić information content (AvgIpc) is 2.73. The molecule has 1 amide bonds. The van der Waals surface area contributed by atoms with Crippen LogP contribution in [0.15, 0.2) is 66.9 Å². The second-order valence-corrected chi connectivity index (χ2v) is 7.02. The van der Waals surface area contributed by atoms with E-state index in [4.69, 9.17) is 11.6 Å². The van der Waals surface area contributed by atoms with Crippen molar-refractivity contribution in [2.24, 2.45) is 0 Å². The van der Waals surface area contributed by atoms with E-state index < -0.39 is 0 Å². The number of anilines is 1. The quantitative estimate of drug-likeness (QED) is 0.740. The highest BCUT2D eigenvalue weighted by Crippen LogP contribution is 2.24. The molecule has 5 heteroatoms. The molecule has 2 aromatic carbocycles. The van der Waals surface area contributed by atoms with E-state index in [1.807, 2.05) is 30.3 Å². The summed E-state index contributed by atoms with van der Waals surface area (Å²) in [6, 6.07) is 19.7. The number of carbonyl (C=O) groups excluding carboxylic acids is 1. The standard InChI is InChI=1S/C22H20ClN3O/c23-20-8-4-3-6-17(20)13-25-22(27)21-10-9-19(14-24-21)26-12-11-16-5-1-2-7-18(16)15-26/h1-10,14H,11-13,15H2,(H,25,27). The molecule has 27 heavy (non-hydrogen) atoms. The second kappa shape index (κ2) is 7.80. The van der Waals surface area contributed by atoms with Crippen LogP contribution in [-0.4, -0.2) is 17.4 Å². The van der Waals surface area contributed by atoms with Crippen molar-refractivity contribution in [3.8, 4) is 0 Å². The van der Waals surface area contributed by atoms with Crippen molar-refractivity contribution in [1.29, 1.82) is 0 Å². The Labute approximate surface area is 163 Å². The fourth-order valence-electron chi connectivity index (χ4n) is 3.33. The van der Waals surface area contributed by atoms with E-state index >= 15 is 0 Å². The topological polar surface area (TPSA) is 45.2 Å². The van der Waals surface area contributed by atoms with Gasteiger partial charge in [-0.25, -0.2) is 4.98 Å². The molecule has 0 fully saturated rings. The number of benzene rings is 2. The summed E-state index contributed by atoms with van der Waals surface area (Å²) in [7, 11) is 0. The molecule has 136 valence electrons. The highest BCUT2D eigenvalue weighted by atomic mass is 35.5. The Morgan fingerprint density at radius 3 is 2.59 bits per heavy atom. The Morgan fingerprint density at radius 2 is 1.81 bits per heavy atom. The van der Waals surface area contributed by atoms with E-state index in [9.17, 15) is 4.79 Å². The highest BCUT2D eigenvalue weighted by Gasteiger charge is 2.17. The van der Waals surface area contributed by atoms with Crippen molar-refractivity contribution in [3.05, 3.63) is 94.3 Å². The fourth-order valence-corrected chi connectivity index (χ4v) is 3.53. The summed E-state index contributed by atoms with van der Waals surface area (Å²) in [5, 5.41) is 3.51. The highest BCUT2D eigenvalue weighted by molar-refractivity contribution is 6.31. The minimum atomic E-state index is -0.203. The number of nitrogens with zero attached hydrogens (tertiary/aromatic N) is 2. The van der Waals surface area contributed by atoms with Gasteiger partial charge in [-0.1, -0.05) is 54.1 Å². The molecule has 1 N–H and O–H groups in total. The van der Waals surface area contributed by atoms with Crippen molar-refractivity contribution in [2.45, 2.75) is 19.5 Å². The number of carbonyl (C=O) groups is 1. The Balaban J connectivity index is 1.40. The molecule has 1 aromatic heterocycles. The van der Waals surface area contributed by atoms with Gasteiger partial charge in [0.1, 0.15) is 5.69 Å². The van der Waals surface area contributed by atoms with Crippen molar-refractivity contribution >= 4 is 23.2 Å². The van der Waals surface area contributed by atoms with Crippen molar-refractivity contribution < 1.29 is 4.79 Å². The number of amides is 1. The zero-order valence-electron chi connectivity index (χ0n) is 14.9. The smallest absolute Gasteiger partial charge is 0.270 e. The van der Waals surface area contributed by atoms with Crippen LogP contribution in [-0.2, 0) is 19.5 Å². The van der Waals surface area contributed by atoms with Crippen LogP contribution in [0.5, 0.6) is 0 Å². The lowest BCUT2D eigenvalue weighted by atomic mass is 10.00. The second-order valence-electron chi connectivity index (χ2n) is 6.62. The SMILES string of the molecule is O=C(NCc1ccccc1Cl)c1ccc(N2CCc3ccccc3C2)cn1. The number of halogens is 1. The lowest BCUT2D eigenvalue weighted by Gasteiger charge is -2.30. The zero-order chi connectivity index (χ0) is 18.6. The Kier molecular flexibility index (Phi) is 5.07. The Morgan fingerprint density at radius 1 is 1.04 bits per heavy atom. The third kappa shape index (κ3) is 3.96. The number of hydrogen-bond acceptors (Lipinski definition) is 3. The summed E-state index contributed by atoms with van der Waals surface area (Å²) in [4.78, 5) is 19.0. The van der Waals surface area contributed by atoms with Crippen molar-refractivity contribution in [3.63, 3.8) is 0 Å². The third-order valence-corrected chi connectivity index (χ3v) is 5.24. The number of pyridine rings is 1. The first-order valence-corrected chi connectivity index (χ1v) is 9.38. The van der Waals surface area contributed by atoms with Gasteiger partial charge in [0.05, 0.1) is 11.9 Å². The van der Waals surface area contributed by atoms with Gasteiger partial charge in [0.2, 0.25) is 0 Å². The van der Waals surface area contributed by atoms with Crippen LogP contribution in [0.3, 0.4) is 0 Å². The number of nitrogens with one attached hydrogen (secondary N) is 1. The number of hydrogen-bond donors (Lipinski definition) is 1. The van der Waals surface area contributed by atoms with Crippen LogP contribution < -0.4 is 10.2 Å². The molecule has 2 heterocycles. The van der Waals surface area contributed by atoms with E-state index in [-0.39, 0.29) is 5.91 Å². The molecule has 0 atom stereocenters. The van der Waals surface area contributed by atoms with Gasteiger partial charge < -0.3 is 10.2 Å². The van der Waals surface area contributed by atoms with E-state index in [1.54, 1.807) is 12.3 Å². The maximum absolute atomic E-state index is 12.4. The summed E-state index contributed by atoms with van der Waals surface area (Å²) >= 11 is 6.12. The van der Waals surface area contributed by atoms with Crippen LogP contribution >= 0.6 is 11.6 Å². The lowest BCUT2D eigenvalue weighted by molar-refractivity contribution is 0.0946. The summed E-state index contributed by atoms with van der Waals surface area (Å²) in [5.41, 5.74) is 5.09. The minimum absolute atomic E-state index is 0.203. The summed E-state index contributed by atoms with van der Waals surface area (Å²) in [6.07, 6.45) is 2.80. The molecule has 3 aromatic rings. The molecule has 0 spiro atoms. The molecule has 4 nitrogen and oxygen atoms in total. The first-order valence-electron chi connectivity index (χ1n) is 9.00. The predicted molar refractivity (Wildman–Crippen MR) is 108 cm³/mol. The molecule has 0 bridgehead atoms. The molecule has 0 radical (unpaired) electrons. The maximum atomic E-state index is 12.4. The molecule has 4 rings (SSSR count). The largest absolute Gasteiger partial charge is 0.366 e.